The van der Waals surface area contributed by atoms with Crippen molar-refractivity contribution in [3.8, 4) is 5.75 Å². The lowest BCUT2D eigenvalue weighted by molar-refractivity contribution is -0.118. The third-order valence-electron chi connectivity index (χ3n) is 2.52. The summed E-state index contributed by atoms with van der Waals surface area (Å²) in [4.78, 5) is 15.8. The zero-order chi connectivity index (χ0) is 14.4. The standard InChI is InChI=1S/C14H14ClN3O2/c15-12-3-1-2-4-13(12)18-14(19)9-20-11-6-5-10(7-16)17-8-11/h1-6,8H,7,9,16H2,(H,18,19). The van der Waals surface area contributed by atoms with E-state index in [4.69, 9.17) is 22.1 Å². The van der Waals surface area contributed by atoms with Crippen LogP contribution in [0.3, 0.4) is 0 Å². The molecular formula is C14H14ClN3O2. The number of nitrogens with zero attached hydrogens (tertiary/aromatic N) is 1. The van der Waals surface area contributed by atoms with Gasteiger partial charge < -0.3 is 15.8 Å². The van der Waals surface area contributed by atoms with E-state index < -0.39 is 0 Å². The number of nitrogens with one attached hydrogen (secondary N) is 1. The van der Waals surface area contributed by atoms with E-state index in [1.807, 2.05) is 0 Å². The topological polar surface area (TPSA) is 77.2 Å². The smallest absolute Gasteiger partial charge is 0.262 e. The fourth-order valence-electron chi connectivity index (χ4n) is 1.51. The highest BCUT2D eigenvalue weighted by Crippen LogP contribution is 2.20. The summed E-state index contributed by atoms with van der Waals surface area (Å²) in [6, 6.07) is 10.5. The van der Waals surface area contributed by atoms with Crippen molar-refractivity contribution in [2.24, 2.45) is 5.73 Å². The van der Waals surface area contributed by atoms with E-state index in [9.17, 15) is 4.79 Å². The largest absolute Gasteiger partial charge is 0.482 e. The number of pyridine rings is 1. The molecule has 1 amide bonds. The Labute approximate surface area is 121 Å². The minimum Gasteiger partial charge on any atom is -0.482 e. The minimum absolute atomic E-state index is 0.116. The summed E-state index contributed by atoms with van der Waals surface area (Å²) in [6.07, 6.45) is 1.53. The average Bonchev–Trinajstić information content (AvgIpc) is 2.48. The van der Waals surface area contributed by atoms with Crippen LogP contribution >= 0.6 is 11.6 Å². The molecule has 1 aromatic carbocycles. The van der Waals surface area contributed by atoms with Gasteiger partial charge in [0.1, 0.15) is 5.75 Å². The Morgan fingerprint density at radius 3 is 2.75 bits per heavy atom. The van der Waals surface area contributed by atoms with Crippen LogP contribution in [0.4, 0.5) is 5.69 Å². The van der Waals surface area contributed by atoms with Crippen LogP contribution in [-0.2, 0) is 11.3 Å². The van der Waals surface area contributed by atoms with Gasteiger partial charge in [0, 0.05) is 6.54 Å². The molecule has 0 fully saturated rings. The highest BCUT2D eigenvalue weighted by Gasteiger charge is 2.06. The van der Waals surface area contributed by atoms with E-state index in [1.165, 1.54) is 6.20 Å². The maximum absolute atomic E-state index is 11.7. The summed E-state index contributed by atoms with van der Waals surface area (Å²) in [6.45, 7) is 0.252. The molecule has 2 rings (SSSR count). The maximum Gasteiger partial charge on any atom is 0.262 e. The normalized spacial score (nSPS) is 10.1. The maximum atomic E-state index is 11.7. The Morgan fingerprint density at radius 1 is 1.30 bits per heavy atom. The number of carbonyl (C=O) groups is 1. The summed E-state index contributed by atoms with van der Waals surface area (Å²) in [5, 5.41) is 3.15. The summed E-state index contributed by atoms with van der Waals surface area (Å²) in [5.74, 6) is 0.220. The number of hydrogen-bond acceptors (Lipinski definition) is 4. The molecule has 0 radical (unpaired) electrons. The first-order chi connectivity index (χ1) is 9.69. The van der Waals surface area contributed by atoms with Crippen LogP contribution in [0.1, 0.15) is 5.69 Å². The van der Waals surface area contributed by atoms with Crippen molar-refractivity contribution in [1.29, 1.82) is 0 Å². The molecule has 0 spiro atoms. The van der Waals surface area contributed by atoms with E-state index in [2.05, 4.69) is 10.3 Å². The van der Waals surface area contributed by atoms with Crippen molar-refractivity contribution in [1.82, 2.24) is 4.98 Å². The van der Waals surface area contributed by atoms with Crippen molar-refractivity contribution in [2.75, 3.05) is 11.9 Å². The van der Waals surface area contributed by atoms with Gasteiger partial charge in [0.25, 0.3) is 5.91 Å². The second-order valence-electron chi connectivity index (χ2n) is 4.01. The molecule has 1 aromatic heterocycles. The molecule has 0 bridgehead atoms. The monoisotopic (exact) mass is 291 g/mol. The van der Waals surface area contributed by atoms with Crippen LogP contribution in [0.5, 0.6) is 5.75 Å². The number of carbonyl (C=O) groups excluding carboxylic acids is 1. The van der Waals surface area contributed by atoms with Crippen LogP contribution in [0.15, 0.2) is 42.6 Å². The van der Waals surface area contributed by atoms with Gasteiger partial charge >= 0.3 is 0 Å². The van der Waals surface area contributed by atoms with Crippen molar-refractivity contribution < 1.29 is 9.53 Å². The van der Waals surface area contributed by atoms with Gasteiger partial charge in [0.15, 0.2) is 6.61 Å². The van der Waals surface area contributed by atoms with E-state index >= 15 is 0 Å². The van der Waals surface area contributed by atoms with Crippen LogP contribution in [-0.4, -0.2) is 17.5 Å². The summed E-state index contributed by atoms with van der Waals surface area (Å²) < 4.78 is 5.32. The van der Waals surface area contributed by atoms with Crippen molar-refractivity contribution in [2.45, 2.75) is 6.54 Å². The number of rotatable bonds is 5. The summed E-state index contributed by atoms with van der Waals surface area (Å²) in [5.41, 5.74) is 6.76. The number of aromatic nitrogens is 1. The molecule has 20 heavy (non-hydrogen) atoms. The first-order valence-corrected chi connectivity index (χ1v) is 6.39. The average molecular weight is 292 g/mol. The first kappa shape index (κ1) is 14.3. The van der Waals surface area contributed by atoms with Gasteiger partial charge in [-0.1, -0.05) is 23.7 Å². The van der Waals surface area contributed by atoms with E-state index in [0.717, 1.165) is 5.69 Å². The first-order valence-electron chi connectivity index (χ1n) is 6.01. The molecule has 5 nitrogen and oxygen atoms in total. The van der Waals surface area contributed by atoms with Crippen molar-refractivity contribution in [3.05, 3.63) is 53.3 Å². The molecule has 0 atom stereocenters. The Morgan fingerprint density at radius 2 is 2.10 bits per heavy atom. The van der Waals surface area contributed by atoms with Gasteiger partial charge in [0.05, 0.1) is 22.6 Å². The number of anilines is 1. The number of amides is 1. The molecule has 104 valence electrons. The Bertz CT molecular complexity index is 587. The minimum atomic E-state index is -0.291. The predicted molar refractivity (Wildman–Crippen MR) is 77.7 cm³/mol. The van der Waals surface area contributed by atoms with Crippen molar-refractivity contribution in [3.63, 3.8) is 0 Å². The molecule has 0 aliphatic rings. The summed E-state index contributed by atoms with van der Waals surface area (Å²) in [7, 11) is 0. The second kappa shape index (κ2) is 6.88. The van der Waals surface area contributed by atoms with Crippen LogP contribution < -0.4 is 15.8 Å². The third kappa shape index (κ3) is 3.94. The Hall–Kier alpha value is -2.11. The molecule has 1 heterocycles. The lowest BCUT2D eigenvalue weighted by atomic mass is 10.3. The number of nitrogens with two attached hydrogens (primary N) is 1. The molecule has 0 saturated heterocycles. The van der Waals surface area contributed by atoms with Gasteiger partial charge in [-0.3, -0.25) is 9.78 Å². The van der Waals surface area contributed by atoms with E-state index in [0.29, 0.717) is 23.0 Å². The van der Waals surface area contributed by atoms with Crippen LogP contribution in [0, 0.1) is 0 Å². The molecule has 2 aromatic rings. The zero-order valence-electron chi connectivity index (χ0n) is 10.7. The van der Waals surface area contributed by atoms with Crippen molar-refractivity contribution >= 4 is 23.2 Å². The lowest BCUT2D eigenvalue weighted by Gasteiger charge is -2.08. The number of benzene rings is 1. The molecule has 0 unspecified atom stereocenters. The summed E-state index contributed by atoms with van der Waals surface area (Å²) >= 11 is 5.94. The van der Waals surface area contributed by atoms with E-state index in [-0.39, 0.29) is 12.5 Å². The number of para-hydroxylation sites is 1. The van der Waals surface area contributed by atoms with Gasteiger partial charge in [-0.15, -0.1) is 0 Å². The van der Waals surface area contributed by atoms with Crippen LogP contribution in [0.2, 0.25) is 5.02 Å². The Balaban J connectivity index is 1.87. The molecule has 0 aliphatic heterocycles. The highest BCUT2D eigenvalue weighted by molar-refractivity contribution is 6.33. The second-order valence-corrected chi connectivity index (χ2v) is 4.41. The quantitative estimate of drug-likeness (QED) is 0.885. The molecule has 3 N–H and O–H groups in total. The van der Waals surface area contributed by atoms with Crippen LogP contribution in [0.25, 0.3) is 0 Å². The van der Waals surface area contributed by atoms with Gasteiger partial charge in [0.2, 0.25) is 0 Å². The number of ether oxygens (including phenoxy) is 1. The van der Waals surface area contributed by atoms with Gasteiger partial charge in [-0.2, -0.15) is 0 Å². The Kier molecular flexibility index (Phi) is 4.92. The predicted octanol–water partition coefficient (Wildman–Crippen LogP) is 2.21. The fourth-order valence-corrected chi connectivity index (χ4v) is 1.70. The molecule has 6 heteroatoms. The van der Waals surface area contributed by atoms with E-state index in [1.54, 1.807) is 36.4 Å². The lowest BCUT2D eigenvalue weighted by Crippen LogP contribution is -2.20. The molecular weight excluding hydrogens is 278 g/mol. The van der Waals surface area contributed by atoms with Gasteiger partial charge in [-0.25, -0.2) is 0 Å². The molecule has 0 aliphatic carbocycles. The fraction of sp³-hybridized carbons (Fsp3) is 0.143. The number of hydrogen-bond donors (Lipinski definition) is 2. The van der Waals surface area contributed by atoms with Gasteiger partial charge in [-0.05, 0) is 24.3 Å². The highest BCUT2D eigenvalue weighted by atomic mass is 35.5. The SMILES string of the molecule is NCc1ccc(OCC(=O)Nc2ccccc2Cl)cn1. The number of halogens is 1. The molecule has 0 saturated carbocycles. The zero-order valence-corrected chi connectivity index (χ0v) is 11.4. The third-order valence-corrected chi connectivity index (χ3v) is 2.85.